The molecule has 1 N–H and O–H groups in total. The number of nitrogens with zero attached hydrogens (tertiary/aromatic N) is 5. The zero-order valence-electron chi connectivity index (χ0n) is 15.9. The predicted molar refractivity (Wildman–Crippen MR) is 112 cm³/mol. The Bertz CT molecular complexity index is 1090. The lowest BCUT2D eigenvalue weighted by atomic mass is 10.0. The number of benzene rings is 2. The zero-order chi connectivity index (χ0) is 21.1. The van der Waals surface area contributed by atoms with Gasteiger partial charge in [-0.1, -0.05) is 47.0 Å². The van der Waals surface area contributed by atoms with Gasteiger partial charge in [0.05, 0.1) is 5.70 Å². The van der Waals surface area contributed by atoms with Gasteiger partial charge in [0, 0.05) is 11.6 Å². The van der Waals surface area contributed by atoms with E-state index in [0.29, 0.717) is 17.5 Å². The number of carbonyl (C=O) groups is 1. The lowest BCUT2D eigenvalue weighted by molar-refractivity contribution is -0.119. The molecule has 0 saturated carbocycles. The molecule has 9 heteroatoms. The summed E-state index contributed by atoms with van der Waals surface area (Å²) in [6.45, 7) is 3.98. The molecule has 3 aromatic rings. The number of hydrogen-bond donors (Lipinski definition) is 1. The van der Waals surface area contributed by atoms with Crippen molar-refractivity contribution in [3.05, 3.63) is 89.2 Å². The van der Waals surface area contributed by atoms with E-state index in [1.54, 1.807) is 39.9 Å². The lowest BCUT2D eigenvalue weighted by Gasteiger charge is -2.32. The van der Waals surface area contributed by atoms with Crippen molar-refractivity contribution in [1.82, 2.24) is 25.5 Å². The minimum absolute atomic E-state index is 0.0127. The van der Waals surface area contributed by atoms with Crippen LogP contribution in [0.15, 0.2) is 67.3 Å². The van der Waals surface area contributed by atoms with Crippen LogP contribution in [0.3, 0.4) is 0 Å². The summed E-state index contributed by atoms with van der Waals surface area (Å²) in [6.07, 6.45) is 3.55. The highest BCUT2D eigenvalue weighted by Gasteiger charge is 2.31. The maximum atomic E-state index is 13.4. The lowest BCUT2D eigenvalue weighted by Crippen LogP contribution is -2.40. The molecular formula is C21H18ClFN6O. The Morgan fingerprint density at radius 3 is 2.63 bits per heavy atom. The number of aromatic nitrogens is 4. The molecule has 1 aliphatic heterocycles. The third-order valence-corrected chi connectivity index (χ3v) is 4.94. The normalized spacial score (nSPS) is 15.3. The second-order valence-electron chi connectivity index (χ2n) is 6.66. The van der Waals surface area contributed by atoms with Gasteiger partial charge in [-0.25, -0.2) is 4.39 Å². The van der Waals surface area contributed by atoms with Gasteiger partial charge in [0.15, 0.2) is 0 Å². The first-order valence-electron chi connectivity index (χ1n) is 9.23. The number of rotatable bonds is 6. The highest BCUT2D eigenvalue weighted by Crippen LogP contribution is 2.36. The molecule has 7 nitrogen and oxygen atoms in total. The molecule has 1 aromatic heterocycles. The number of allylic oxidation sites excluding steroid dienone is 1. The summed E-state index contributed by atoms with van der Waals surface area (Å²) >= 11 is 6.05. The molecule has 0 saturated heterocycles. The fraction of sp³-hybridized carbons (Fsp3) is 0.143. The van der Waals surface area contributed by atoms with Crippen molar-refractivity contribution in [2.24, 2.45) is 0 Å². The molecule has 152 valence electrons. The molecule has 4 rings (SSSR count). The van der Waals surface area contributed by atoms with Crippen LogP contribution in [0.1, 0.15) is 17.2 Å². The molecule has 0 fully saturated rings. The molecule has 1 amide bonds. The number of anilines is 1. The van der Waals surface area contributed by atoms with Crippen LogP contribution in [0.4, 0.5) is 10.3 Å². The van der Waals surface area contributed by atoms with E-state index in [0.717, 1.165) is 16.8 Å². The van der Waals surface area contributed by atoms with Crippen LogP contribution in [-0.4, -0.2) is 39.2 Å². The van der Waals surface area contributed by atoms with E-state index in [-0.39, 0.29) is 24.3 Å². The van der Waals surface area contributed by atoms with E-state index in [2.05, 4.69) is 27.4 Å². The van der Waals surface area contributed by atoms with Crippen molar-refractivity contribution >= 4 is 29.2 Å². The first-order chi connectivity index (χ1) is 14.6. The first-order valence-corrected chi connectivity index (χ1v) is 9.61. The van der Waals surface area contributed by atoms with Crippen LogP contribution in [-0.2, 0) is 4.79 Å². The average Bonchev–Trinajstić information content (AvgIpc) is 3.24. The van der Waals surface area contributed by atoms with Crippen LogP contribution in [0.2, 0.25) is 5.02 Å². The van der Waals surface area contributed by atoms with Gasteiger partial charge in [0.2, 0.25) is 5.91 Å². The summed E-state index contributed by atoms with van der Waals surface area (Å²) in [5, 5.41) is 15.4. The van der Waals surface area contributed by atoms with Crippen molar-refractivity contribution in [3.8, 4) is 0 Å². The topological polar surface area (TPSA) is 75.9 Å². The molecule has 30 heavy (non-hydrogen) atoms. The molecule has 1 atom stereocenters. The van der Waals surface area contributed by atoms with Gasteiger partial charge in [0.1, 0.15) is 18.4 Å². The number of nitrogens with one attached hydrogen (secondary N) is 1. The Balaban J connectivity index is 1.79. The molecule has 1 aliphatic rings. The standard InChI is InChI=1S/C21H18ClFN6O/c1-2-11-24-20(30)13-28-18(14-3-7-16(22)8-4-14)12-19(29-21(28)25-26-27-29)15-5-9-17(23)10-6-15/h2-10,12,19H,1,11,13H2,(H,24,30). The maximum Gasteiger partial charge on any atom is 0.251 e. The van der Waals surface area contributed by atoms with Crippen LogP contribution in [0.5, 0.6) is 0 Å². The Morgan fingerprint density at radius 2 is 1.93 bits per heavy atom. The first kappa shape index (κ1) is 19.8. The Hall–Kier alpha value is -3.52. The summed E-state index contributed by atoms with van der Waals surface area (Å²) in [7, 11) is 0. The van der Waals surface area contributed by atoms with Crippen LogP contribution in [0.25, 0.3) is 5.70 Å². The van der Waals surface area contributed by atoms with E-state index in [9.17, 15) is 9.18 Å². The van der Waals surface area contributed by atoms with Crippen molar-refractivity contribution in [2.75, 3.05) is 18.0 Å². The molecule has 2 heterocycles. The van der Waals surface area contributed by atoms with E-state index in [4.69, 9.17) is 11.6 Å². The molecule has 0 radical (unpaired) electrons. The third kappa shape index (κ3) is 3.95. The Labute approximate surface area is 177 Å². The molecule has 2 aromatic carbocycles. The number of amides is 1. The van der Waals surface area contributed by atoms with Crippen molar-refractivity contribution < 1.29 is 9.18 Å². The highest BCUT2D eigenvalue weighted by atomic mass is 35.5. The van der Waals surface area contributed by atoms with Gasteiger partial charge in [-0.3, -0.25) is 9.69 Å². The Kier molecular flexibility index (Phi) is 5.58. The van der Waals surface area contributed by atoms with Crippen LogP contribution < -0.4 is 10.2 Å². The summed E-state index contributed by atoms with van der Waals surface area (Å²) in [5.74, 6) is -0.121. The van der Waals surface area contributed by atoms with Gasteiger partial charge in [-0.2, -0.15) is 4.68 Å². The minimum Gasteiger partial charge on any atom is -0.351 e. The largest absolute Gasteiger partial charge is 0.351 e. The summed E-state index contributed by atoms with van der Waals surface area (Å²) in [5.41, 5.74) is 2.40. The van der Waals surface area contributed by atoms with E-state index < -0.39 is 0 Å². The van der Waals surface area contributed by atoms with Gasteiger partial charge < -0.3 is 5.32 Å². The number of carbonyl (C=O) groups excluding carboxylic acids is 1. The summed E-state index contributed by atoms with van der Waals surface area (Å²) < 4.78 is 15.0. The number of halogens is 2. The highest BCUT2D eigenvalue weighted by molar-refractivity contribution is 6.30. The number of fused-ring (bicyclic) bond motifs is 1. The number of tetrazole rings is 1. The summed E-state index contributed by atoms with van der Waals surface area (Å²) in [4.78, 5) is 14.2. The molecule has 0 aliphatic carbocycles. The second-order valence-corrected chi connectivity index (χ2v) is 7.09. The average molecular weight is 425 g/mol. The molecule has 1 unspecified atom stereocenters. The van der Waals surface area contributed by atoms with E-state index in [1.165, 1.54) is 12.1 Å². The Morgan fingerprint density at radius 1 is 1.20 bits per heavy atom. The van der Waals surface area contributed by atoms with Gasteiger partial charge in [-0.15, -0.1) is 6.58 Å². The van der Waals surface area contributed by atoms with Crippen molar-refractivity contribution in [2.45, 2.75) is 6.04 Å². The van der Waals surface area contributed by atoms with Crippen LogP contribution in [0, 0.1) is 5.82 Å². The third-order valence-electron chi connectivity index (χ3n) is 4.68. The van der Waals surface area contributed by atoms with E-state index >= 15 is 0 Å². The predicted octanol–water partition coefficient (Wildman–Crippen LogP) is 3.22. The SMILES string of the molecule is C=CCNC(=O)CN1C(c2ccc(Cl)cc2)=CC(c2ccc(F)cc2)n2nnnc21. The number of hydrogen-bond acceptors (Lipinski definition) is 5. The quantitative estimate of drug-likeness (QED) is 0.615. The smallest absolute Gasteiger partial charge is 0.251 e. The van der Waals surface area contributed by atoms with Gasteiger partial charge in [0.25, 0.3) is 5.95 Å². The van der Waals surface area contributed by atoms with Gasteiger partial charge >= 0.3 is 0 Å². The van der Waals surface area contributed by atoms with Crippen LogP contribution >= 0.6 is 11.6 Å². The molecule has 0 spiro atoms. The van der Waals surface area contributed by atoms with Crippen molar-refractivity contribution in [3.63, 3.8) is 0 Å². The molecular weight excluding hydrogens is 407 g/mol. The van der Waals surface area contributed by atoms with E-state index in [1.807, 2.05) is 18.2 Å². The fourth-order valence-electron chi connectivity index (χ4n) is 3.28. The second kappa shape index (κ2) is 8.46. The summed E-state index contributed by atoms with van der Waals surface area (Å²) in [6, 6.07) is 13.1. The molecule has 0 bridgehead atoms. The monoisotopic (exact) mass is 424 g/mol. The van der Waals surface area contributed by atoms with Crippen molar-refractivity contribution in [1.29, 1.82) is 0 Å². The fourth-order valence-corrected chi connectivity index (χ4v) is 3.40. The zero-order valence-corrected chi connectivity index (χ0v) is 16.6. The van der Waals surface area contributed by atoms with Gasteiger partial charge in [-0.05, 0) is 51.9 Å². The minimum atomic E-state index is -0.367. The maximum absolute atomic E-state index is 13.4.